The summed E-state index contributed by atoms with van der Waals surface area (Å²) >= 11 is 0. The maximum absolute atomic E-state index is 11.8. The molecule has 4 heteroatoms. The van der Waals surface area contributed by atoms with Gasteiger partial charge in [-0.05, 0) is 30.2 Å². The molecule has 0 fully saturated rings. The molecule has 0 saturated carbocycles. The molecule has 110 valence electrons. The van der Waals surface area contributed by atoms with E-state index < -0.39 is 6.09 Å². The summed E-state index contributed by atoms with van der Waals surface area (Å²) in [6.07, 6.45) is -0.429. The SMILES string of the molecule is COc1ccc([C@H](C)NC(=O)OCc2ccccc2)cc1. The van der Waals surface area contributed by atoms with E-state index in [1.807, 2.05) is 61.5 Å². The third kappa shape index (κ3) is 4.53. The van der Waals surface area contributed by atoms with Gasteiger partial charge in [-0.25, -0.2) is 4.79 Å². The predicted octanol–water partition coefficient (Wildman–Crippen LogP) is 3.68. The normalized spacial score (nSPS) is 11.5. The molecule has 4 nitrogen and oxygen atoms in total. The summed E-state index contributed by atoms with van der Waals surface area (Å²) in [4.78, 5) is 11.8. The Labute approximate surface area is 124 Å². The van der Waals surface area contributed by atoms with Crippen LogP contribution in [0, 0.1) is 0 Å². The summed E-state index contributed by atoms with van der Waals surface area (Å²) in [7, 11) is 1.62. The first kappa shape index (κ1) is 14.9. The highest BCUT2D eigenvalue weighted by Crippen LogP contribution is 2.17. The summed E-state index contributed by atoms with van der Waals surface area (Å²) in [6.45, 7) is 2.17. The molecule has 2 rings (SSSR count). The van der Waals surface area contributed by atoms with E-state index in [4.69, 9.17) is 9.47 Å². The van der Waals surface area contributed by atoms with Crippen LogP contribution in [-0.2, 0) is 11.3 Å². The fourth-order valence-electron chi connectivity index (χ4n) is 1.92. The zero-order valence-corrected chi connectivity index (χ0v) is 12.2. The average Bonchev–Trinajstić information content (AvgIpc) is 2.54. The molecule has 0 aliphatic heterocycles. The van der Waals surface area contributed by atoms with Crippen molar-refractivity contribution in [2.24, 2.45) is 0 Å². The topological polar surface area (TPSA) is 47.6 Å². The number of methoxy groups -OCH3 is 1. The molecule has 0 unspecified atom stereocenters. The molecule has 1 N–H and O–H groups in total. The molecule has 0 heterocycles. The Morgan fingerprint density at radius 3 is 2.38 bits per heavy atom. The van der Waals surface area contributed by atoms with Gasteiger partial charge < -0.3 is 14.8 Å². The number of hydrogen-bond donors (Lipinski definition) is 1. The van der Waals surface area contributed by atoms with E-state index in [0.29, 0.717) is 0 Å². The lowest BCUT2D eigenvalue weighted by Crippen LogP contribution is -2.27. The molecule has 0 saturated heterocycles. The van der Waals surface area contributed by atoms with E-state index in [1.54, 1.807) is 7.11 Å². The Morgan fingerprint density at radius 1 is 1.10 bits per heavy atom. The monoisotopic (exact) mass is 285 g/mol. The third-order valence-corrected chi connectivity index (χ3v) is 3.16. The van der Waals surface area contributed by atoms with Crippen LogP contribution in [0.25, 0.3) is 0 Å². The van der Waals surface area contributed by atoms with Crippen molar-refractivity contribution in [2.45, 2.75) is 19.6 Å². The lowest BCUT2D eigenvalue weighted by Gasteiger charge is -2.14. The molecule has 0 aliphatic carbocycles. The largest absolute Gasteiger partial charge is 0.497 e. The van der Waals surface area contributed by atoms with Crippen LogP contribution in [-0.4, -0.2) is 13.2 Å². The average molecular weight is 285 g/mol. The quantitative estimate of drug-likeness (QED) is 0.911. The maximum atomic E-state index is 11.8. The Bertz CT molecular complexity index is 566. The highest BCUT2D eigenvalue weighted by molar-refractivity contribution is 5.67. The van der Waals surface area contributed by atoms with Gasteiger partial charge in [0, 0.05) is 0 Å². The highest BCUT2D eigenvalue weighted by atomic mass is 16.5. The Morgan fingerprint density at radius 2 is 1.76 bits per heavy atom. The Balaban J connectivity index is 1.83. The minimum absolute atomic E-state index is 0.126. The van der Waals surface area contributed by atoms with Crippen LogP contribution in [0.4, 0.5) is 4.79 Å². The van der Waals surface area contributed by atoms with Crippen LogP contribution < -0.4 is 10.1 Å². The van der Waals surface area contributed by atoms with Gasteiger partial charge in [0.2, 0.25) is 0 Å². The Hall–Kier alpha value is -2.49. The zero-order chi connectivity index (χ0) is 15.1. The molecule has 0 aromatic heterocycles. The molecular formula is C17H19NO3. The van der Waals surface area contributed by atoms with Crippen molar-refractivity contribution in [3.8, 4) is 5.75 Å². The lowest BCUT2D eigenvalue weighted by atomic mass is 10.1. The number of nitrogens with one attached hydrogen (secondary N) is 1. The molecule has 21 heavy (non-hydrogen) atoms. The van der Waals surface area contributed by atoms with E-state index in [0.717, 1.165) is 16.9 Å². The van der Waals surface area contributed by atoms with E-state index in [9.17, 15) is 4.79 Å². The molecule has 0 bridgehead atoms. The van der Waals surface area contributed by atoms with Crippen molar-refractivity contribution < 1.29 is 14.3 Å². The summed E-state index contributed by atoms with van der Waals surface area (Å²) in [5.74, 6) is 0.789. The van der Waals surface area contributed by atoms with E-state index in [2.05, 4.69) is 5.32 Å². The van der Waals surface area contributed by atoms with Crippen molar-refractivity contribution >= 4 is 6.09 Å². The first-order chi connectivity index (χ1) is 10.2. The van der Waals surface area contributed by atoms with Gasteiger partial charge >= 0.3 is 6.09 Å². The molecular weight excluding hydrogens is 266 g/mol. The van der Waals surface area contributed by atoms with Crippen LogP contribution in [0.3, 0.4) is 0 Å². The number of hydrogen-bond acceptors (Lipinski definition) is 3. The van der Waals surface area contributed by atoms with Crippen molar-refractivity contribution in [3.05, 3.63) is 65.7 Å². The summed E-state index contributed by atoms with van der Waals surface area (Å²) < 4.78 is 10.3. The first-order valence-corrected chi connectivity index (χ1v) is 6.80. The smallest absolute Gasteiger partial charge is 0.407 e. The van der Waals surface area contributed by atoms with Crippen LogP contribution >= 0.6 is 0 Å². The van der Waals surface area contributed by atoms with E-state index >= 15 is 0 Å². The van der Waals surface area contributed by atoms with Gasteiger partial charge in [0.05, 0.1) is 13.2 Å². The molecule has 2 aromatic rings. The second-order valence-electron chi connectivity index (χ2n) is 4.70. The van der Waals surface area contributed by atoms with Gasteiger partial charge in [-0.3, -0.25) is 0 Å². The molecule has 1 amide bonds. The summed E-state index contributed by atoms with van der Waals surface area (Å²) in [5, 5.41) is 2.80. The summed E-state index contributed by atoms with van der Waals surface area (Å²) in [5.41, 5.74) is 1.96. The number of ether oxygens (including phenoxy) is 2. The maximum Gasteiger partial charge on any atom is 0.407 e. The van der Waals surface area contributed by atoms with E-state index in [1.165, 1.54) is 0 Å². The number of carbonyl (C=O) groups is 1. The van der Waals surface area contributed by atoms with Crippen molar-refractivity contribution in [1.82, 2.24) is 5.32 Å². The van der Waals surface area contributed by atoms with Crippen LogP contribution in [0.5, 0.6) is 5.75 Å². The zero-order valence-electron chi connectivity index (χ0n) is 12.2. The van der Waals surface area contributed by atoms with Gasteiger partial charge in [-0.15, -0.1) is 0 Å². The number of benzene rings is 2. The predicted molar refractivity (Wildman–Crippen MR) is 81.2 cm³/mol. The second-order valence-corrected chi connectivity index (χ2v) is 4.70. The van der Waals surface area contributed by atoms with Gasteiger partial charge in [-0.1, -0.05) is 42.5 Å². The molecule has 0 radical (unpaired) electrons. The number of alkyl carbamates (subject to hydrolysis) is 1. The minimum Gasteiger partial charge on any atom is -0.497 e. The minimum atomic E-state index is -0.429. The summed E-state index contributed by atoms with van der Waals surface area (Å²) in [6, 6.07) is 17.0. The van der Waals surface area contributed by atoms with Crippen LogP contribution in [0.2, 0.25) is 0 Å². The molecule has 1 atom stereocenters. The lowest BCUT2D eigenvalue weighted by molar-refractivity contribution is 0.136. The molecule has 2 aromatic carbocycles. The molecule has 0 aliphatic rings. The van der Waals surface area contributed by atoms with Crippen LogP contribution in [0.15, 0.2) is 54.6 Å². The van der Waals surface area contributed by atoms with Crippen LogP contribution in [0.1, 0.15) is 24.1 Å². The van der Waals surface area contributed by atoms with Crippen molar-refractivity contribution in [1.29, 1.82) is 0 Å². The van der Waals surface area contributed by atoms with Crippen molar-refractivity contribution in [3.63, 3.8) is 0 Å². The fraction of sp³-hybridized carbons (Fsp3) is 0.235. The van der Waals surface area contributed by atoms with Gasteiger partial charge in [-0.2, -0.15) is 0 Å². The second kappa shape index (κ2) is 7.33. The van der Waals surface area contributed by atoms with Crippen molar-refractivity contribution in [2.75, 3.05) is 7.11 Å². The highest BCUT2D eigenvalue weighted by Gasteiger charge is 2.10. The number of amides is 1. The third-order valence-electron chi connectivity index (χ3n) is 3.16. The number of rotatable bonds is 5. The number of carbonyl (C=O) groups excluding carboxylic acids is 1. The van der Waals surface area contributed by atoms with Gasteiger partial charge in [0.25, 0.3) is 0 Å². The first-order valence-electron chi connectivity index (χ1n) is 6.80. The standard InChI is InChI=1S/C17H19NO3/c1-13(15-8-10-16(20-2)11-9-15)18-17(19)21-12-14-6-4-3-5-7-14/h3-11,13H,12H2,1-2H3,(H,18,19)/t13-/m0/s1. The molecule has 0 spiro atoms. The van der Waals surface area contributed by atoms with Gasteiger partial charge in [0.15, 0.2) is 0 Å². The van der Waals surface area contributed by atoms with E-state index in [-0.39, 0.29) is 12.6 Å². The van der Waals surface area contributed by atoms with Gasteiger partial charge in [0.1, 0.15) is 12.4 Å². The Kier molecular flexibility index (Phi) is 5.21. The fourth-order valence-corrected chi connectivity index (χ4v) is 1.92.